The highest BCUT2D eigenvalue weighted by Crippen LogP contribution is 2.31. The van der Waals surface area contributed by atoms with E-state index in [1.807, 2.05) is 17.0 Å². The third kappa shape index (κ3) is 4.67. The number of hydrogen-bond acceptors (Lipinski definition) is 7. The van der Waals surface area contributed by atoms with Gasteiger partial charge in [0.15, 0.2) is 4.34 Å². The van der Waals surface area contributed by atoms with Gasteiger partial charge < -0.3 is 14.6 Å². The number of thioether (sulfide) groups is 1. The number of aromatic nitrogens is 2. The third-order valence-corrected chi connectivity index (χ3v) is 6.41. The SMILES string of the molecule is O=C(CSc1nnc(NC2CC2)s1)N(Cc1ccco1)C1=CCCCC1. The van der Waals surface area contributed by atoms with Crippen LogP contribution in [0.5, 0.6) is 0 Å². The molecule has 0 bridgehead atoms. The second-order valence-corrected chi connectivity index (χ2v) is 8.78. The number of allylic oxidation sites excluding steroid dienone is 2. The Kier molecular flexibility index (Phi) is 5.59. The van der Waals surface area contributed by atoms with E-state index in [1.165, 1.54) is 42.4 Å². The minimum absolute atomic E-state index is 0.0893. The van der Waals surface area contributed by atoms with Gasteiger partial charge in [-0.3, -0.25) is 4.79 Å². The van der Waals surface area contributed by atoms with Crippen molar-refractivity contribution >= 4 is 34.1 Å². The van der Waals surface area contributed by atoms with Gasteiger partial charge in [-0.2, -0.15) is 0 Å². The molecule has 4 rings (SSSR count). The summed E-state index contributed by atoms with van der Waals surface area (Å²) in [5.74, 6) is 1.25. The van der Waals surface area contributed by atoms with Crippen molar-refractivity contribution in [2.75, 3.05) is 11.1 Å². The Bertz CT molecular complexity index is 768. The first-order valence-electron chi connectivity index (χ1n) is 9.02. The molecule has 2 aromatic heterocycles. The smallest absolute Gasteiger partial charge is 0.237 e. The van der Waals surface area contributed by atoms with Crippen LogP contribution in [-0.2, 0) is 11.3 Å². The molecule has 1 saturated carbocycles. The Hall–Kier alpha value is -1.80. The lowest BCUT2D eigenvalue weighted by Crippen LogP contribution is -2.32. The first kappa shape index (κ1) is 17.6. The maximum Gasteiger partial charge on any atom is 0.237 e. The molecule has 6 nitrogen and oxygen atoms in total. The maximum atomic E-state index is 12.9. The van der Waals surface area contributed by atoms with Crippen LogP contribution in [0, 0.1) is 0 Å². The predicted octanol–water partition coefficient (Wildman–Crippen LogP) is 4.28. The van der Waals surface area contributed by atoms with Crippen molar-refractivity contribution in [3.8, 4) is 0 Å². The quantitative estimate of drug-likeness (QED) is 0.678. The van der Waals surface area contributed by atoms with Crippen molar-refractivity contribution < 1.29 is 9.21 Å². The molecule has 0 atom stereocenters. The minimum atomic E-state index is 0.0893. The zero-order valence-electron chi connectivity index (χ0n) is 14.5. The Morgan fingerprint density at radius 1 is 1.38 bits per heavy atom. The zero-order valence-corrected chi connectivity index (χ0v) is 16.2. The van der Waals surface area contributed by atoms with Gasteiger partial charge in [0.05, 0.1) is 18.6 Å². The Labute approximate surface area is 161 Å². The van der Waals surface area contributed by atoms with Crippen LogP contribution in [0.4, 0.5) is 5.13 Å². The molecular weight excluding hydrogens is 368 g/mol. The summed E-state index contributed by atoms with van der Waals surface area (Å²) in [5.41, 5.74) is 1.12. The highest BCUT2D eigenvalue weighted by Gasteiger charge is 2.24. The zero-order chi connectivity index (χ0) is 17.8. The summed E-state index contributed by atoms with van der Waals surface area (Å²) in [6.07, 6.45) is 10.6. The molecule has 0 spiro atoms. The second-order valence-electron chi connectivity index (χ2n) is 6.58. The molecule has 2 heterocycles. The van der Waals surface area contributed by atoms with Gasteiger partial charge in [0.1, 0.15) is 5.76 Å². The molecule has 0 saturated heterocycles. The molecule has 1 fully saturated rings. The van der Waals surface area contributed by atoms with E-state index in [2.05, 4.69) is 21.6 Å². The van der Waals surface area contributed by atoms with Gasteiger partial charge in [-0.1, -0.05) is 29.2 Å². The van der Waals surface area contributed by atoms with Crippen LogP contribution >= 0.6 is 23.1 Å². The summed E-state index contributed by atoms with van der Waals surface area (Å²) in [6.45, 7) is 0.489. The third-order valence-electron chi connectivity index (χ3n) is 4.44. The molecule has 0 unspecified atom stereocenters. The fourth-order valence-corrected chi connectivity index (χ4v) is 4.61. The topological polar surface area (TPSA) is 71.3 Å². The molecule has 1 amide bonds. The molecule has 2 aromatic rings. The Morgan fingerprint density at radius 2 is 2.31 bits per heavy atom. The molecule has 8 heteroatoms. The van der Waals surface area contributed by atoms with Crippen molar-refractivity contribution in [3.05, 3.63) is 35.9 Å². The van der Waals surface area contributed by atoms with Crippen LogP contribution in [0.2, 0.25) is 0 Å². The number of anilines is 1. The van der Waals surface area contributed by atoms with E-state index in [4.69, 9.17) is 4.42 Å². The van der Waals surface area contributed by atoms with Crippen LogP contribution < -0.4 is 5.32 Å². The lowest BCUT2D eigenvalue weighted by Gasteiger charge is -2.26. The highest BCUT2D eigenvalue weighted by atomic mass is 32.2. The van der Waals surface area contributed by atoms with E-state index >= 15 is 0 Å². The summed E-state index contributed by atoms with van der Waals surface area (Å²) < 4.78 is 6.29. The van der Waals surface area contributed by atoms with E-state index in [1.54, 1.807) is 6.26 Å². The molecule has 26 heavy (non-hydrogen) atoms. The number of carbonyl (C=O) groups is 1. The number of amides is 1. The van der Waals surface area contributed by atoms with Gasteiger partial charge >= 0.3 is 0 Å². The van der Waals surface area contributed by atoms with Gasteiger partial charge in [0.2, 0.25) is 11.0 Å². The summed E-state index contributed by atoms with van der Waals surface area (Å²) in [5, 5.41) is 12.5. The van der Waals surface area contributed by atoms with Crippen LogP contribution in [0.15, 0.2) is 38.9 Å². The molecule has 2 aliphatic carbocycles. The van der Waals surface area contributed by atoms with Gasteiger partial charge in [0, 0.05) is 11.7 Å². The van der Waals surface area contributed by atoms with E-state index in [-0.39, 0.29) is 5.91 Å². The fraction of sp³-hybridized carbons (Fsp3) is 0.500. The Morgan fingerprint density at radius 3 is 3.04 bits per heavy atom. The van der Waals surface area contributed by atoms with Gasteiger partial charge in [-0.05, 0) is 50.7 Å². The van der Waals surface area contributed by atoms with E-state index < -0.39 is 0 Å². The van der Waals surface area contributed by atoms with Crippen LogP contribution in [0.3, 0.4) is 0 Å². The lowest BCUT2D eigenvalue weighted by molar-refractivity contribution is -0.127. The van der Waals surface area contributed by atoms with Gasteiger partial charge in [-0.15, -0.1) is 10.2 Å². The molecular formula is C18H22N4O2S2. The minimum Gasteiger partial charge on any atom is -0.467 e. The number of furan rings is 1. The second kappa shape index (κ2) is 8.26. The molecule has 0 aliphatic heterocycles. The van der Waals surface area contributed by atoms with E-state index in [0.29, 0.717) is 18.3 Å². The standard InChI is InChI=1S/C18H22N4O2S2/c23-16(12-25-18-21-20-17(26-18)19-13-8-9-13)22(11-15-7-4-10-24-15)14-5-2-1-3-6-14/h4-5,7,10,13H,1-3,6,8-9,11-12H2,(H,19,20). The average molecular weight is 391 g/mol. The number of rotatable bonds is 8. The fourth-order valence-electron chi connectivity index (χ4n) is 2.90. The van der Waals surface area contributed by atoms with Gasteiger partial charge in [0.25, 0.3) is 0 Å². The number of carbonyl (C=O) groups excluding carboxylic acids is 1. The molecule has 0 aromatic carbocycles. The summed E-state index contributed by atoms with van der Waals surface area (Å²) in [6, 6.07) is 4.33. The highest BCUT2D eigenvalue weighted by molar-refractivity contribution is 8.01. The van der Waals surface area contributed by atoms with E-state index in [0.717, 1.165) is 40.2 Å². The first-order chi connectivity index (χ1) is 12.8. The first-order valence-corrected chi connectivity index (χ1v) is 10.8. The van der Waals surface area contributed by atoms with Gasteiger partial charge in [-0.25, -0.2) is 0 Å². The van der Waals surface area contributed by atoms with Crippen LogP contribution in [0.25, 0.3) is 0 Å². The van der Waals surface area contributed by atoms with Crippen LogP contribution in [-0.4, -0.2) is 32.8 Å². The summed E-state index contributed by atoms with van der Waals surface area (Å²) in [4.78, 5) is 14.8. The largest absolute Gasteiger partial charge is 0.467 e. The van der Waals surface area contributed by atoms with Crippen LogP contribution in [0.1, 0.15) is 44.3 Å². The summed E-state index contributed by atoms with van der Waals surface area (Å²) >= 11 is 2.98. The number of nitrogens with one attached hydrogen (secondary N) is 1. The normalized spacial score (nSPS) is 17.0. The molecule has 0 radical (unpaired) electrons. The van der Waals surface area contributed by atoms with Crippen molar-refractivity contribution in [1.82, 2.24) is 15.1 Å². The Balaban J connectivity index is 1.38. The summed E-state index contributed by atoms with van der Waals surface area (Å²) in [7, 11) is 0. The molecule has 138 valence electrons. The molecule has 2 aliphatic rings. The van der Waals surface area contributed by atoms with E-state index in [9.17, 15) is 4.79 Å². The monoisotopic (exact) mass is 390 g/mol. The van der Waals surface area contributed by atoms with Crippen molar-refractivity contribution in [2.24, 2.45) is 0 Å². The van der Waals surface area contributed by atoms with Crippen molar-refractivity contribution in [3.63, 3.8) is 0 Å². The van der Waals surface area contributed by atoms with Crippen molar-refractivity contribution in [1.29, 1.82) is 0 Å². The predicted molar refractivity (Wildman–Crippen MR) is 103 cm³/mol. The number of hydrogen-bond donors (Lipinski definition) is 1. The lowest BCUT2D eigenvalue weighted by atomic mass is 10.0. The molecule has 1 N–H and O–H groups in total. The van der Waals surface area contributed by atoms with Crippen molar-refractivity contribution in [2.45, 2.75) is 55.5 Å². The average Bonchev–Trinajstić information content (AvgIpc) is 3.14. The maximum absolute atomic E-state index is 12.9. The number of nitrogens with zero attached hydrogens (tertiary/aromatic N) is 3.